The van der Waals surface area contributed by atoms with Crippen molar-refractivity contribution in [3.63, 3.8) is 0 Å². The quantitative estimate of drug-likeness (QED) is 0.310. The Kier molecular flexibility index (Phi) is 7.91. The second kappa shape index (κ2) is 10.7. The van der Waals surface area contributed by atoms with E-state index in [4.69, 9.17) is 14.7 Å². The Morgan fingerprint density at radius 1 is 1.26 bits per heavy atom. The molecular weight excluding hydrogens is 494 g/mol. The molecule has 7 nitrogen and oxygen atoms in total. The Hall–Kier alpha value is -3.24. The highest BCUT2D eigenvalue weighted by molar-refractivity contribution is 5.88. The molecule has 0 aliphatic heterocycles. The summed E-state index contributed by atoms with van der Waals surface area (Å²) in [5, 5.41) is 20.6. The van der Waals surface area contributed by atoms with Gasteiger partial charge in [0.1, 0.15) is 11.9 Å². The summed E-state index contributed by atoms with van der Waals surface area (Å²) in [7, 11) is 0. The van der Waals surface area contributed by atoms with Crippen molar-refractivity contribution in [1.29, 1.82) is 5.26 Å². The van der Waals surface area contributed by atoms with E-state index in [2.05, 4.69) is 27.4 Å². The van der Waals surface area contributed by atoms with Crippen molar-refractivity contribution < 1.29 is 29.0 Å². The highest BCUT2D eigenvalue weighted by atomic mass is 16.6. The van der Waals surface area contributed by atoms with Crippen molar-refractivity contribution in [3.05, 3.63) is 54.1 Å². The lowest BCUT2D eigenvalue weighted by atomic mass is 9.44. The van der Waals surface area contributed by atoms with Crippen molar-refractivity contribution in [2.75, 3.05) is 6.61 Å². The lowest BCUT2D eigenvalue weighted by molar-refractivity contribution is -0.208. The zero-order valence-corrected chi connectivity index (χ0v) is 23.3. The third kappa shape index (κ3) is 4.96. The molecule has 3 saturated carbocycles. The molecule has 1 aromatic rings. The highest BCUT2D eigenvalue weighted by Gasteiger charge is 2.68. The van der Waals surface area contributed by atoms with Crippen molar-refractivity contribution in [2.24, 2.45) is 34.0 Å². The molecule has 3 fully saturated rings. The van der Waals surface area contributed by atoms with Crippen LogP contribution in [0.25, 0.3) is 6.08 Å². The van der Waals surface area contributed by atoms with Crippen LogP contribution in [0.1, 0.15) is 70.9 Å². The Balaban J connectivity index is 1.55. The van der Waals surface area contributed by atoms with Crippen molar-refractivity contribution >= 4 is 23.8 Å². The van der Waals surface area contributed by atoms with Gasteiger partial charge in [0.2, 0.25) is 0 Å². The monoisotopic (exact) mass is 533 g/mol. The highest BCUT2D eigenvalue weighted by Crippen LogP contribution is 2.67. The van der Waals surface area contributed by atoms with E-state index in [1.165, 1.54) is 12.2 Å². The van der Waals surface area contributed by atoms with E-state index in [9.17, 15) is 19.5 Å². The summed E-state index contributed by atoms with van der Waals surface area (Å²) >= 11 is 0. The van der Waals surface area contributed by atoms with Gasteiger partial charge in [0, 0.05) is 29.2 Å². The summed E-state index contributed by atoms with van der Waals surface area (Å²) in [6.07, 6.45) is 6.29. The molecule has 0 saturated heterocycles. The van der Waals surface area contributed by atoms with Crippen LogP contribution in [0.4, 0.5) is 0 Å². The van der Waals surface area contributed by atoms with Crippen molar-refractivity contribution in [2.45, 2.75) is 72.0 Å². The lowest BCUT2D eigenvalue weighted by Crippen LogP contribution is -2.63. The van der Waals surface area contributed by atoms with E-state index >= 15 is 0 Å². The number of carbonyl (C=O) groups is 3. The zero-order valence-electron chi connectivity index (χ0n) is 23.3. The average molecular weight is 534 g/mol. The fourth-order valence-corrected chi connectivity index (χ4v) is 7.75. The van der Waals surface area contributed by atoms with Gasteiger partial charge in [0.25, 0.3) is 0 Å². The number of hydrogen-bond acceptors (Lipinski definition) is 7. The van der Waals surface area contributed by atoms with Gasteiger partial charge in [-0.3, -0.25) is 4.79 Å². The van der Waals surface area contributed by atoms with Gasteiger partial charge in [-0.05, 0) is 66.7 Å². The molecule has 7 heteroatoms. The molecule has 1 aromatic carbocycles. The fourth-order valence-electron chi connectivity index (χ4n) is 7.75. The summed E-state index contributed by atoms with van der Waals surface area (Å²) < 4.78 is 11.2. The molecule has 0 radical (unpaired) electrons. The van der Waals surface area contributed by atoms with E-state index < -0.39 is 41.6 Å². The number of nitriles is 1. The van der Waals surface area contributed by atoms with Gasteiger partial charge in [0.15, 0.2) is 6.61 Å². The first-order valence-electron chi connectivity index (χ1n) is 13.8. The van der Waals surface area contributed by atoms with Crippen LogP contribution in [0, 0.1) is 45.3 Å². The van der Waals surface area contributed by atoms with E-state index in [1.54, 1.807) is 30.3 Å². The third-order valence-electron chi connectivity index (χ3n) is 10.3. The normalized spacial score (nSPS) is 37.7. The van der Waals surface area contributed by atoms with Gasteiger partial charge < -0.3 is 14.6 Å². The number of ketones is 1. The molecule has 3 aliphatic rings. The Labute approximate surface area is 230 Å². The Morgan fingerprint density at radius 2 is 2.00 bits per heavy atom. The minimum atomic E-state index is -0.745. The van der Waals surface area contributed by atoms with Crippen LogP contribution in [0.5, 0.6) is 0 Å². The average Bonchev–Trinajstić information content (AvgIpc) is 3.29. The first kappa shape index (κ1) is 28.8. The molecule has 0 amide bonds. The summed E-state index contributed by atoms with van der Waals surface area (Å²) in [4.78, 5) is 38.8. The predicted octanol–water partition coefficient (Wildman–Crippen LogP) is 5.02. The van der Waals surface area contributed by atoms with Crippen LogP contribution >= 0.6 is 0 Å². The molecular formula is C32H39NO6. The lowest BCUT2D eigenvalue weighted by Gasteiger charge is -2.61. The number of Topliss-reactive ketones (excluding diaryl/α,β-unsaturated/α-hetero) is 1. The molecule has 3 aliphatic carbocycles. The minimum absolute atomic E-state index is 0.109. The zero-order chi connectivity index (χ0) is 28.6. The van der Waals surface area contributed by atoms with E-state index in [1.807, 2.05) is 13.0 Å². The molecule has 0 heterocycles. The number of aliphatic hydroxyl groups excluding tert-OH is 1. The van der Waals surface area contributed by atoms with Crippen LogP contribution in [0.3, 0.4) is 0 Å². The number of benzene rings is 1. The topological polar surface area (TPSA) is 114 Å². The van der Waals surface area contributed by atoms with E-state index in [-0.39, 0.29) is 29.0 Å². The molecule has 208 valence electrons. The first-order valence-corrected chi connectivity index (χ1v) is 13.8. The second-order valence-corrected chi connectivity index (χ2v) is 12.2. The van der Waals surface area contributed by atoms with Crippen LogP contribution in [-0.2, 0) is 23.9 Å². The SMILES string of the molecule is C=CC1(C)C[C@@H](OC(=O)COC(=O)/C=C/c2cccc(C#N)c2)[C@@]2(C)[C@@H]3C(=O)CCC3(CC[C@@H]2C)[C@@H](C)[C@@H]1O. The molecule has 0 aromatic heterocycles. The number of rotatable bonds is 6. The number of carbonyl (C=O) groups excluding carboxylic acids is 3. The fraction of sp³-hybridized carbons (Fsp3) is 0.562. The largest absolute Gasteiger partial charge is 0.459 e. The van der Waals surface area contributed by atoms with Crippen molar-refractivity contribution in [3.8, 4) is 6.07 Å². The van der Waals surface area contributed by atoms with Gasteiger partial charge in [-0.1, -0.05) is 45.9 Å². The number of ether oxygens (including phenoxy) is 2. The second-order valence-electron chi connectivity index (χ2n) is 12.2. The molecule has 2 bridgehead atoms. The summed E-state index contributed by atoms with van der Waals surface area (Å²) in [6.45, 7) is 11.6. The van der Waals surface area contributed by atoms with Crippen molar-refractivity contribution in [1.82, 2.24) is 0 Å². The number of nitrogens with zero attached hydrogens (tertiary/aromatic N) is 1. The maximum Gasteiger partial charge on any atom is 0.344 e. The molecule has 0 spiro atoms. The predicted molar refractivity (Wildman–Crippen MR) is 146 cm³/mol. The third-order valence-corrected chi connectivity index (χ3v) is 10.3. The molecule has 8 atom stereocenters. The molecule has 2 unspecified atom stereocenters. The van der Waals surface area contributed by atoms with Crippen LogP contribution in [-0.4, -0.2) is 41.6 Å². The summed E-state index contributed by atoms with van der Waals surface area (Å²) in [5.74, 6) is -1.54. The Bertz CT molecular complexity index is 1230. The van der Waals surface area contributed by atoms with Gasteiger partial charge >= 0.3 is 11.9 Å². The van der Waals surface area contributed by atoms with Crippen LogP contribution in [0.15, 0.2) is 43.0 Å². The minimum Gasteiger partial charge on any atom is -0.459 e. The van der Waals surface area contributed by atoms with Crippen LogP contribution < -0.4 is 0 Å². The molecule has 1 N–H and O–H groups in total. The van der Waals surface area contributed by atoms with Gasteiger partial charge in [0.05, 0.1) is 17.7 Å². The van der Waals surface area contributed by atoms with Gasteiger partial charge in [-0.15, -0.1) is 6.58 Å². The summed E-state index contributed by atoms with van der Waals surface area (Å²) in [5.41, 5.74) is -0.592. The van der Waals surface area contributed by atoms with Gasteiger partial charge in [-0.2, -0.15) is 5.26 Å². The van der Waals surface area contributed by atoms with Gasteiger partial charge in [-0.25, -0.2) is 9.59 Å². The maximum atomic E-state index is 13.5. The Morgan fingerprint density at radius 3 is 2.69 bits per heavy atom. The van der Waals surface area contributed by atoms with E-state index in [0.717, 1.165) is 19.3 Å². The number of aliphatic hydroxyl groups is 1. The standard InChI is InChI=1S/C32H39NO6/c1-6-30(4)17-25(39-27(36)19-38-26(35)11-10-22-8-7-9-23(16-22)18-33)31(5)20(2)12-14-32(21(3)29(30)37)15-13-24(34)28(31)32/h6-11,16,20-21,25,28-29,37H,1,12-15,17,19H2,2-5H3/b11-10+/t20-,21-,25+,28-,29-,30?,31-,32?/m0/s1. The van der Waals surface area contributed by atoms with Crippen LogP contribution in [0.2, 0.25) is 0 Å². The maximum absolute atomic E-state index is 13.5. The van der Waals surface area contributed by atoms with E-state index in [0.29, 0.717) is 24.0 Å². The summed E-state index contributed by atoms with van der Waals surface area (Å²) in [6, 6.07) is 8.79. The number of hydrogen-bond donors (Lipinski definition) is 1. The smallest absolute Gasteiger partial charge is 0.344 e. The number of esters is 2. The molecule has 39 heavy (non-hydrogen) atoms. The molecule has 4 rings (SSSR count). The first-order chi connectivity index (χ1) is 18.4.